The Morgan fingerprint density at radius 3 is 2.89 bits per heavy atom. The van der Waals surface area contributed by atoms with Crippen LogP contribution in [0.3, 0.4) is 0 Å². The van der Waals surface area contributed by atoms with Crippen LogP contribution >= 0.6 is 0 Å². The number of rotatable bonds is 6. The smallest absolute Gasteiger partial charge is 0.224 e. The molecule has 0 bridgehead atoms. The number of ether oxygens (including phenoxy) is 1. The third-order valence-electron chi connectivity index (χ3n) is 2.67. The van der Waals surface area contributed by atoms with Crippen molar-refractivity contribution in [2.45, 2.75) is 19.3 Å². The van der Waals surface area contributed by atoms with Crippen molar-refractivity contribution in [3.05, 3.63) is 24.5 Å². The Morgan fingerprint density at radius 1 is 1.17 bits per heavy atom. The second kappa shape index (κ2) is 6.16. The molecule has 0 unspecified atom stereocenters. The van der Waals surface area contributed by atoms with E-state index in [4.69, 9.17) is 15.6 Å². The van der Waals surface area contributed by atoms with E-state index >= 15 is 0 Å². The van der Waals surface area contributed by atoms with Crippen LogP contribution in [0.1, 0.15) is 19.3 Å². The maximum absolute atomic E-state index is 8.68. The van der Waals surface area contributed by atoms with Crippen LogP contribution in [0.4, 0.5) is 5.69 Å². The van der Waals surface area contributed by atoms with Crippen LogP contribution in [0, 0.1) is 0 Å². The Kier molecular flexibility index (Phi) is 4.30. The molecule has 0 aliphatic heterocycles. The highest BCUT2D eigenvalue weighted by molar-refractivity contribution is 5.85. The molecule has 2 rings (SSSR count). The summed E-state index contributed by atoms with van der Waals surface area (Å²) in [4.78, 5) is 8.29. The largest absolute Gasteiger partial charge is 0.477 e. The average molecular weight is 247 g/mol. The number of aliphatic hydroxyl groups is 1. The van der Waals surface area contributed by atoms with Crippen molar-refractivity contribution in [1.82, 2.24) is 9.97 Å². The van der Waals surface area contributed by atoms with Crippen LogP contribution in [0.5, 0.6) is 5.88 Å². The second-order valence-electron chi connectivity index (χ2n) is 4.09. The number of nitrogens with two attached hydrogens (primary N) is 1. The lowest BCUT2D eigenvalue weighted by Gasteiger charge is -2.07. The zero-order valence-electron chi connectivity index (χ0n) is 10.2. The molecule has 0 saturated heterocycles. The Hall–Kier alpha value is -1.88. The molecule has 1 aromatic heterocycles. The lowest BCUT2D eigenvalue weighted by molar-refractivity contribution is 0.264. The van der Waals surface area contributed by atoms with Gasteiger partial charge < -0.3 is 15.6 Å². The first-order valence-electron chi connectivity index (χ1n) is 6.05. The maximum atomic E-state index is 8.68. The zero-order chi connectivity index (χ0) is 12.8. The Balaban J connectivity index is 2.04. The molecule has 0 atom stereocenters. The van der Waals surface area contributed by atoms with E-state index in [9.17, 15) is 0 Å². The molecule has 5 heteroatoms. The predicted molar refractivity (Wildman–Crippen MR) is 70.4 cm³/mol. The van der Waals surface area contributed by atoms with Gasteiger partial charge in [0.05, 0.1) is 17.5 Å². The van der Waals surface area contributed by atoms with E-state index in [1.807, 2.05) is 12.1 Å². The molecule has 0 amide bonds. The summed E-state index contributed by atoms with van der Waals surface area (Å²) in [6, 6.07) is 5.48. The van der Waals surface area contributed by atoms with Gasteiger partial charge in [0.1, 0.15) is 6.33 Å². The number of aliphatic hydroxyl groups excluding tert-OH is 1. The number of benzene rings is 1. The SMILES string of the molecule is Nc1ccc2c(OCCCCCO)ncnc2c1. The third kappa shape index (κ3) is 3.07. The molecule has 96 valence electrons. The van der Waals surface area contributed by atoms with E-state index in [0.29, 0.717) is 18.2 Å². The number of nitrogens with zero attached hydrogens (tertiary/aromatic N) is 2. The van der Waals surface area contributed by atoms with Crippen molar-refractivity contribution in [3.8, 4) is 5.88 Å². The van der Waals surface area contributed by atoms with Gasteiger partial charge in [-0.05, 0) is 37.5 Å². The number of hydrogen-bond donors (Lipinski definition) is 2. The third-order valence-corrected chi connectivity index (χ3v) is 2.67. The Labute approximate surface area is 106 Å². The van der Waals surface area contributed by atoms with E-state index in [1.54, 1.807) is 6.07 Å². The first-order chi connectivity index (χ1) is 8.81. The highest BCUT2D eigenvalue weighted by Crippen LogP contribution is 2.23. The molecule has 1 aromatic carbocycles. The summed E-state index contributed by atoms with van der Waals surface area (Å²) in [5, 5.41) is 9.55. The molecule has 0 aliphatic rings. The number of unbranched alkanes of at least 4 members (excludes halogenated alkanes) is 2. The lowest BCUT2D eigenvalue weighted by Crippen LogP contribution is -2.01. The normalized spacial score (nSPS) is 10.7. The molecule has 1 heterocycles. The zero-order valence-corrected chi connectivity index (χ0v) is 10.2. The average Bonchev–Trinajstić information content (AvgIpc) is 2.38. The van der Waals surface area contributed by atoms with E-state index in [1.165, 1.54) is 6.33 Å². The molecule has 0 aliphatic carbocycles. The van der Waals surface area contributed by atoms with Gasteiger partial charge in [0.25, 0.3) is 0 Å². The molecule has 0 spiro atoms. The number of fused-ring (bicyclic) bond motifs is 1. The molecule has 3 N–H and O–H groups in total. The van der Waals surface area contributed by atoms with E-state index in [0.717, 1.165) is 30.2 Å². The van der Waals surface area contributed by atoms with Crippen molar-refractivity contribution < 1.29 is 9.84 Å². The number of aromatic nitrogens is 2. The quantitative estimate of drug-likeness (QED) is 0.600. The van der Waals surface area contributed by atoms with Crippen molar-refractivity contribution in [2.24, 2.45) is 0 Å². The summed E-state index contributed by atoms with van der Waals surface area (Å²) in [6.45, 7) is 0.826. The van der Waals surface area contributed by atoms with Crippen LogP contribution in [-0.4, -0.2) is 28.3 Å². The molecular formula is C13H17N3O2. The van der Waals surface area contributed by atoms with Gasteiger partial charge in [0, 0.05) is 12.3 Å². The fourth-order valence-electron chi connectivity index (χ4n) is 1.72. The van der Waals surface area contributed by atoms with E-state index in [-0.39, 0.29) is 6.61 Å². The lowest BCUT2D eigenvalue weighted by atomic mass is 10.2. The molecule has 18 heavy (non-hydrogen) atoms. The Bertz CT molecular complexity index is 517. The van der Waals surface area contributed by atoms with Crippen molar-refractivity contribution in [1.29, 1.82) is 0 Å². The van der Waals surface area contributed by atoms with Gasteiger partial charge in [-0.3, -0.25) is 0 Å². The molecule has 0 saturated carbocycles. The summed E-state index contributed by atoms with van der Waals surface area (Å²) >= 11 is 0. The van der Waals surface area contributed by atoms with Crippen molar-refractivity contribution in [2.75, 3.05) is 18.9 Å². The first-order valence-corrected chi connectivity index (χ1v) is 6.05. The fraction of sp³-hybridized carbons (Fsp3) is 0.385. The predicted octanol–water partition coefficient (Wildman–Crippen LogP) is 1.75. The van der Waals surface area contributed by atoms with Crippen LogP contribution in [0.15, 0.2) is 24.5 Å². The summed E-state index contributed by atoms with van der Waals surface area (Å²) in [5.74, 6) is 0.587. The van der Waals surface area contributed by atoms with Crippen LogP contribution in [-0.2, 0) is 0 Å². The summed E-state index contributed by atoms with van der Waals surface area (Å²) in [7, 11) is 0. The molecule has 0 radical (unpaired) electrons. The van der Waals surface area contributed by atoms with Crippen LogP contribution in [0.2, 0.25) is 0 Å². The van der Waals surface area contributed by atoms with Gasteiger partial charge in [0.2, 0.25) is 5.88 Å². The van der Waals surface area contributed by atoms with Crippen molar-refractivity contribution in [3.63, 3.8) is 0 Å². The van der Waals surface area contributed by atoms with Crippen LogP contribution in [0.25, 0.3) is 10.9 Å². The molecular weight excluding hydrogens is 230 g/mol. The Morgan fingerprint density at radius 2 is 2.06 bits per heavy atom. The molecule has 0 fully saturated rings. The minimum atomic E-state index is 0.232. The highest BCUT2D eigenvalue weighted by atomic mass is 16.5. The van der Waals surface area contributed by atoms with Gasteiger partial charge in [-0.2, -0.15) is 0 Å². The van der Waals surface area contributed by atoms with Gasteiger partial charge in [0.15, 0.2) is 0 Å². The maximum Gasteiger partial charge on any atom is 0.224 e. The van der Waals surface area contributed by atoms with Crippen molar-refractivity contribution >= 4 is 16.6 Å². The first kappa shape index (κ1) is 12.6. The minimum Gasteiger partial charge on any atom is -0.477 e. The summed E-state index contributed by atoms with van der Waals surface area (Å²) in [5.41, 5.74) is 7.17. The van der Waals surface area contributed by atoms with Gasteiger partial charge in [-0.25, -0.2) is 9.97 Å². The topological polar surface area (TPSA) is 81.3 Å². The van der Waals surface area contributed by atoms with E-state index in [2.05, 4.69) is 9.97 Å². The molecule has 5 nitrogen and oxygen atoms in total. The standard InChI is InChI=1S/C13H17N3O2/c14-10-4-5-11-12(8-10)15-9-16-13(11)18-7-3-1-2-6-17/h4-5,8-9,17H,1-3,6-7,14H2. The van der Waals surface area contributed by atoms with Gasteiger partial charge in [-0.1, -0.05) is 0 Å². The number of anilines is 1. The number of nitrogen functional groups attached to an aromatic ring is 1. The van der Waals surface area contributed by atoms with E-state index < -0.39 is 0 Å². The summed E-state index contributed by atoms with van der Waals surface area (Å²) in [6.07, 6.45) is 4.14. The summed E-state index contributed by atoms with van der Waals surface area (Å²) < 4.78 is 5.63. The van der Waals surface area contributed by atoms with Gasteiger partial charge >= 0.3 is 0 Å². The molecule has 2 aromatic rings. The second-order valence-corrected chi connectivity index (χ2v) is 4.09. The number of hydrogen-bond acceptors (Lipinski definition) is 5. The monoisotopic (exact) mass is 247 g/mol. The van der Waals surface area contributed by atoms with Crippen LogP contribution < -0.4 is 10.5 Å². The highest BCUT2D eigenvalue weighted by Gasteiger charge is 2.04. The minimum absolute atomic E-state index is 0.232. The fourth-order valence-corrected chi connectivity index (χ4v) is 1.72. The van der Waals surface area contributed by atoms with Gasteiger partial charge in [-0.15, -0.1) is 0 Å².